The van der Waals surface area contributed by atoms with Gasteiger partial charge in [-0.1, -0.05) is 0 Å². The zero-order chi connectivity index (χ0) is 15.0. The van der Waals surface area contributed by atoms with Crippen molar-refractivity contribution < 1.29 is 19.1 Å². The molecule has 1 amide bonds. The highest BCUT2D eigenvalue weighted by Gasteiger charge is 2.48. The maximum absolute atomic E-state index is 14.0. The van der Waals surface area contributed by atoms with Gasteiger partial charge in [0.15, 0.2) is 5.82 Å². The fraction of sp³-hybridized carbons (Fsp3) is 0.231. The molecule has 108 valence electrons. The highest BCUT2D eigenvalue weighted by atomic mass is 19.1. The molecule has 0 radical (unpaired) electrons. The minimum Gasteiger partial charge on any atom is -0.481 e. The third kappa shape index (κ3) is 2.60. The Labute approximate surface area is 118 Å². The number of amides is 1. The molecule has 0 aliphatic heterocycles. The Kier molecular flexibility index (Phi) is 3.13. The highest BCUT2D eigenvalue weighted by molar-refractivity contribution is 5.98. The van der Waals surface area contributed by atoms with Crippen molar-refractivity contribution in [2.24, 2.45) is 11.8 Å². The van der Waals surface area contributed by atoms with Gasteiger partial charge in [0.2, 0.25) is 5.91 Å². The van der Waals surface area contributed by atoms with Crippen LogP contribution in [0.4, 0.5) is 10.1 Å². The van der Waals surface area contributed by atoms with E-state index in [1.165, 1.54) is 29.5 Å². The average Bonchev–Trinajstić information content (AvgIpc) is 3.08. The predicted octanol–water partition coefficient (Wildman–Crippen LogP) is 1.07. The number of hydrogen-bond donors (Lipinski definition) is 2. The SMILES string of the molecule is O=C(O)C1CC1C(=O)Nc1ccc(-n2cncn2)c(F)c1. The third-order valence-corrected chi connectivity index (χ3v) is 3.33. The van der Waals surface area contributed by atoms with Crippen LogP contribution in [0.25, 0.3) is 5.69 Å². The number of aliphatic carboxylic acids is 1. The summed E-state index contributed by atoms with van der Waals surface area (Å²) < 4.78 is 15.2. The monoisotopic (exact) mass is 290 g/mol. The molecule has 1 heterocycles. The number of aromatic nitrogens is 3. The Balaban J connectivity index is 1.72. The number of nitrogens with one attached hydrogen (secondary N) is 1. The predicted molar refractivity (Wildman–Crippen MR) is 69.2 cm³/mol. The standard InChI is InChI=1S/C13H11FN4O3/c14-10-3-7(1-2-11(10)18-6-15-5-16-18)17-12(19)8-4-9(8)13(20)21/h1-3,5-6,8-9H,4H2,(H,17,19)(H,20,21). The number of carbonyl (C=O) groups is 2. The first-order valence-electron chi connectivity index (χ1n) is 6.24. The summed E-state index contributed by atoms with van der Waals surface area (Å²) in [4.78, 5) is 26.2. The van der Waals surface area contributed by atoms with Crippen LogP contribution in [0.5, 0.6) is 0 Å². The van der Waals surface area contributed by atoms with Crippen LogP contribution in [0.3, 0.4) is 0 Å². The zero-order valence-electron chi connectivity index (χ0n) is 10.7. The van der Waals surface area contributed by atoms with E-state index in [2.05, 4.69) is 15.4 Å². The molecule has 1 aliphatic carbocycles. The molecule has 0 saturated heterocycles. The molecule has 1 aliphatic rings. The van der Waals surface area contributed by atoms with Crippen LogP contribution in [0.2, 0.25) is 0 Å². The Morgan fingerprint density at radius 1 is 1.38 bits per heavy atom. The Morgan fingerprint density at radius 3 is 2.76 bits per heavy atom. The Bertz CT molecular complexity index is 701. The van der Waals surface area contributed by atoms with Crippen LogP contribution in [-0.4, -0.2) is 31.7 Å². The van der Waals surface area contributed by atoms with Crippen molar-refractivity contribution in [3.63, 3.8) is 0 Å². The molecule has 8 heteroatoms. The highest BCUT2D eigenvalue weighted by Crippen LogP contribution is 2.39. The molecule has 2 N–H and O–H groups in total. The number of carboxylic acids is 1. The van der Waals surface area contributed by atoms with Crippen LogP contribution in [0, 0.1) is 17.7 Å². The smallest absolute Gasteiger partial charge is 0.307 e. The first-order chi connectivity index (χ1) is 10.1. The lowest BCUT2D eigenvalue weighted by Crippen LogP contribution is -2.17. The second-order valence-electron chi connectivity index (χ2n) is 4.78. The Morgan fingerprint density at radius 2 is 2.19 bits per heavy atom. The molecule has 1 fully saturated rings. The summed E-state index contributed by atoms with van der Waals surface area (Å²) in [7, 11) is 0. The van der Waals surface area contributed by atoms with E-state index in [4.69, 9.17) is 5.11 Å². The lowest BCUT2D eigenvalue weighted by molar-refractivity contribution is -0.139. The van der Waals surface area contributed by atoms with Gasteiger partial charge in [-0.05, 0) is 24.6 Å². The molecular formula is C13H11FN4O3. The summed E-state index contributed by atoms with van der Waals surface area (Å²) in [5, 5.41) is 15.1. The molecule has 7 nitrogen and oxygen atoms in total. The molecule has 2 aromatic rings. The van der Waals surface area contributed by atoms with E-state index in [9.17, 15) is 14.0 Å². The van der Waals surface area contributed by atoms with Crippen molar-refractivity contribution in [3.8, 4) is 5.69 Å². The number of nitrogens with zero attached hydrogens (tertiary/aromatic N) is 3. The van der Waals surface area contributed by atoms with Crippen LogP contribution in [0.1, 0.15) is 6.42 Å². The van der Waals surface area contributed by atoms with Crippen LogP contribution in [0.15, 0.2) is 30.9 Å². The van der Waals surface area contributed by atoms with Gasteiger partial charge >= 0.3 is 5.97 Å². The summed E-state index contributed by atoms with van der Waals surface area (Å²) in [6.45, 7) is 0. The number of halogens is 1. The van der Waals surface area contributed by atoms with Crippen molar-refractivity contribution in [2.75, 3.05) is 5.32 Å². The van der Waals surface area contributed by atoms with E-state index in [0.717, 1.165) is 6.07 Å². The fourth-order valence-corrected chi connectivity index (χ4v) is 2.10. The average molecular weight is 290 g/mol. The van der Waals surface area contributed by atoms with Crippen LogP contribution < -0.4 is 5.32 Å². The molecule has 1 aromatic carbocycles. The number of hydrogen-bond acceptors (Lipinski definition) is 4. The van der Waals surface area contributed by atoms with Crippen molar-refractivity contribution >= 4 is 17.6 Å². The summed E-state index contributed by atoms with van der Waals surface area (Å²) in [5.74, 6) is -3.13. The summed E-state index contributed by atoms with van der Waals surface area (Å²) >= 11 is 0. The number of benzene rings is 1. The van der Waals surface area contributed by atoms with Gasteiger partial charge in [-0.25, -0.2) is 14.1 Å². The molecular weight excluding hydrogens is 279 g/mol. The fourth-order valence-electron chi connectivity index (χ4n) is 2.10. The number of anilines is 1. The second kappa shape index (κ2) is 4.97. The van der Waals surface area contributed by atoms with Gasteiger partial charge in [-0.15, -0.1) is 0 Å². The van der Waals surface area contributed by atoms with Crippen LogP contribution in [-0.2, 0) is 9.59 Å². The topological polar surface area (TPSA) is 97.1 Å². The largest absolute Gasteiger partial charge is 0.481 e. The molecule has 1 aromatic heterocycles. The lowest BCUT2D eigenvalue weighted by atomic mass is 10.2. The van der Waals surface area contributed by atoms with E-state index >= 15 is 0 Å². The van der Waals surface area contributed by atoms with E-state index in [-0.39, 0.29) is 11.4 Å². The van der Waals surface area contributed by atoms with E-state index in [0.29, 0.717) is 6.42 Å². The molecule has 0 spiro atoms. The van der Waals surface area contributed by atoms with Crippen molar-refractivity contribution in [1.29, 1.82) is 0 Å². The van der Waals surface area contributed by atoms with Crippen molar-refractivity contribution in [1.82, 2.24) is 14.8 Å². The molecule has 2 atom stereocenters. The summed E-state index contributed by atoms with van der Waals surface area (Å²) in [6.07, 6.45) is 2.97. The normalized spacial score (nSPS) is 20.0. The summed E-state index contributed by atoms with van der Waals surface area (Å²) in [6, 6.07) is 4.14. The lowest BCUT2D eigenvalue weighted by Gasteiger charge is -2.07. The summed E-state index contributed by atoms with van der Waals surface area (Å²) in [5.41, 5.74) is 0.484. The quantitative estimate of drug-likeness (QED) is 0.877. The van der Waals surface area contributed by atoms with Gasteiger partial charge in [-0.2, -0.15) is 5.10 Å². The van der Waals surface area contributed by atoms with Gasteiger partial charge < -0.3 is 10.4 Å². The van der Waals surface area contributed by atoms with E-state index < -0.39 is 29.5 Å². The van der Waals surface area contributed by atoms with Gasteiger partial charge in [0, 0.05) is 5.69 Å². The van der Waals surface area contributed by atoms with Crippen molar-refractivity contribution in [2.45, 2.75) is 6.42 Å². The Hall–Kier alpha value is -2.77. The second-order valence-corrected chi connectivity index (χ2v) is 4.78. The van der Waals surface area contributed by atoms with Gasteiger partial charge in [0.25, 0.3) is 0 Å². The molecule has 21 heavy (non-hydrogen) atoms. The number of carbonyl (C=O) groups excluding carboxylic acids is 1. The maximum atomic E-state index is 14.0. The molecule has 2 unspecified atom stereocenters. The first kappa shape index (κ1) is 13.2. The van der Waals surface area contributed by atoms with E-state index in [1.54, 1.807) is 0 Å². The van der Waals surface area contributed by atoms with Crippen molar-refractivity contribution in [3.05, 3.63) is 36.7 Å². The molecule has 1 saturated carbocycles. The zero-order valence-corrected chi connectivity index (χ0v) is 10.7. The number of carboxylic acid groups (broad SMARTS) is 1. The first-order valence-corrected chi connectivity index (χ1v) is 6.24. The molecule has 0 bridgehead atoms. The minimum atomic E-state index is -0.983. The van der Waals surface area contributed by atoms with Crippen LogP contribution >= 0.6 is 0 Å². The van der Waals surface area contributed by atoms with Gasteiger partial charge in [-0.3, -0.25) is 9.59 Å². The minimum absolute atomic E-state index is 0.209. The van der Waals surface area contributed by atoms with E-state index in [1.807, 2.05) is 0 Å². The van der Waals surface area contributed by atoms with Gasteiger partial charge in [0.1, 0.15) is 18.3 Å². The molecule has 3 rings (SSSR count). The maximum Gasteiger partial charge on any atom is 0.307 e. The van der Waals surface area contributed by atoms with Gasteiger partial charge in [0.05, 0.1) is 11.8 Å². The third-order valence-electron chi connectivity index (χ3n) is 3.33. The number of rotatable bonds is 4.